The highest BCUT2D eigenvalue weighted by atomic mass is 19.4. The molecule has 0 spiro atoms. The van der Waals surface area contributed by atoms with E-state index in [1.165, 1.54) is 37.3 Å². The van der Waals surface area contributed by atoms with Gasteiger partial charge in [0.25, 0.3) is 0 Å². The van der Waals surface area contributed by atoms with Gasteiger partial charge in [-0.15, -0.1) is 0 Å². The van der Waals surface area contributed by atoms with Crippen LogP contribution in [0.3, 0.4) is 0 Å². The zero-order valence-electron chi connectivity index (χ0n) is 17.0. The van der Waals surface area contributed by atoms with Crippen LogP contribution in [0.1, 0.15) is 12.3 Å². The van der Waals surface area contributed by atoms with Crippen molar-refractivity contribution in [2.24, 2.45) is 5.92 Å². The third kappa shape index (κ3) is 4.05. The van der Waals surface area contributed by atoms with Crippen molar-refractivity contribution in [2.75, 3.05) is 31.0 Å². The van der Waals surface area contributed by atoms with E-state index in [0.717, 1.165) is 0 Å². The molecule has 0 unspecified atom stereocenters. The fourth-order valence-corrected chi connectivity index (χ4v) is 3.50. The molecule has 0 radical (unpaired) electrons. The maximum Gasteiger partial charge on any atom is 0.468 e. The summed E-state index contributed by atoms with van der Waals surface area (Å²) >= 11 is 0. The summed E-state index contributed by atoms with van der Waals surface area (Å²) in [6.45, 7) is 0.143. The number of oxazole rings is 1. The standard InChI is InChI=1S/C21H18F3N3O5/c1-30-16-6-4-13(9-17(16)31-2)27-10-11(7-18(27)28)19(29)25-12-3-5-15-14(8-12)26-20(32-15)21(22,23)24/h3-6,8-9,11H,7,10H2,1-2H3,(H,25,29)/t11-/m1/s1. The smallest absolute Gasteiger partial charge is 0.468 e. The molecule has 2 amide bonds. The normalized spacial score (nSPS) is 16.5. The number of amides is 2. The van der Waals surface area contributed by atoms with Gasteiger partial charge in [0.15, 0.2) is 17.1 Å². The first-order valence-electron chi connectivity index (χ1n) is 9.50. The molecular formula is C21H18F3N3O5. The second-order valence-corrected chi connectivity index (χ2v) is 7.13. The molecule has 168 valence electrons. The van der Waals surface area contributed by atoms with Gasteiger partial charge < -0.3 is 24.1 Å². The molecule has 8 nitrogen and oxygen atoms in total. The first-order valence-corrected chi connectivity index (χ1v) is 9.50. The van der Waals surface area contributed by atoms with E-state index in [0.29, 0.717) is 17.2 Å². The van der Waals surface area contributed by atoms with Crippen molar-refractivity contribution in [2.45, 2.75) is 12.6 Å². The number of fused-ring (bicyclic) bond motifs is 1. The minimum absolute atomic E-state index is 0.00932. The summed E-state index contributed by atoms with van der Waals surface area (Å²) < 4.78 is 53.4. The van der Waals surface area contributed by atoms with Crippen LogP contribution < -0.4 is 19.7 Å². The molecule has 3 aromatic rings. The van der Waals surface area contributed by atoms with E-state index in [1.807, 2.05) is 0 Å². The maximum absolute atomic E-state index is 12.8. The number of benzene rings is 2. The Morgan fingerprint density at radius 2 is 1.91 bits per heavy atom. The number of nitrogens with zero attached hydrogens (tertiary/aromatic N) is 2. The molecule has 2 aromatic carbocycles. The van der Waals surface area contributed by atoms with Crippen LogP contribution in [0.25, 0.3) is 11.1 Å². The zero-order valence-corrected chi connectivity index (χ0v) is 17.0. The second kappa shape index (κ2) is 8.06. The highest BCUT2D eigenvalue weighted by Crippen LogP contribution is 2.35. The lowest BCUT2D eigenvalue weighted by Crippen LogP contribution is -2.28. The molecular weight excluding hydrogens is 431 g/mol. The fraction of sp³-hybridized carbons (Fsp3) is 0.286. The van der Waals surface area contributed by atoms with Crippen LogP contribution in [0.15, 0.2) is 40.8 Å². The van der Waals surface area contributed by atoms with Gasteiger partial charge in [-0.05, 0) is 30.3 Å². The molecule has 4 rings (SSSR count). The van der Waals surface area contributed by atoms with Crippen LogP contribution in [0.5, 0.6) is 11.5 Å². The van der Waals surface area contributed by atoms with Gasteiger partial charge in [-0.2, -0.15) is 13.2 Å². The van der Waals surface area contributed by atoms with Gasteiger partial charge in [0, 0.05) is 30.4 Å². The first kappa shape index (κ1) is 21.5. The Hall–Kier alpha value is -3.76. The van der Waals surface area contributed by atoms with Crippen LogP contribution in [0.2, 0.25) is 0 Å². The lowest BCUT2D eigenvalue weighted by molar-refractivity contribution is -0.156. The summed E-state index contributed by atoms with van der Waals surface area (Å²) in [4.78, 5) is 30.1. The highest BCUT2D eigenvalue weighted by molar-refractivity contribution is 6.04. The Morgan fingerprint density at radius 1 is 1.16 bits per heavy atom. The van der Waals surface area contributed by atoms with E-state index < -0.39 is 23.9 Å². The molecule has 1 aromatic heterocycles. The molecule has 0 aliphatic carbocycles. The first-order chi connectivity index (χ1) is 15.2. The summed E-state index contributed by atoms with van der Waals surface area (Å²) in [7, 11) is 2.98. The van der Waals surface area contributed by atoms with Crippen LogP contribution in [0.4, 0.5) is 24.5 Å². The Balaban J connectivity index is 1.48. The number of aromatic nitrogens is 1. The van der Waals surface area contributed by atoms with Gasteiger partial charge >= 0.3 is 12.1 Å². The van der Waals surface area contributed by atoms with Crippen molar-refractivity contribution in [3.8, 4) is 11.5 Å². The molecule has 0 saturated carbocycles. The molecule has 1 atom stereocenters. The Kier molecular flexibility index (Phi) is 5.41. The fourth-order valence-electron chi connectivity index (χ4n) is 3.50. The number of hydrogen-bond acceptors (Lipinski definition) is 6. The molecule has 0 bridgehead atoms. The molecule has 1 N–H and O–H groups in total. The van der Waals surface area contributed by atoms with E-state index in [-0.39, 0.29) is 35.7 Å². The molecule has 2 heterocycles. The second-order valence-electron chi connectivity index (χ2n) is 7.13. The number of alkyl halides is 3. The summed E-state index contributed by atoms with van der Waals surface area (Å²) in [6, 6.07) is 8.99. The van der Waals surface area contributed by atoms with E-state index in [4.69, 9.17) is 9.47 Å². The van der Waals surface area contributed by atoms with Gasteiger partial charge in [0.05, 0.1) is 20.1 Å². The lowest BCUT2D eigenvalue weighted by Gasteiger charge is -2.18. The summed E-state index contributed by atoms with van der Waals surface area (Å²) in [6.07, 6.45) is -4.72. The number of rotatable bonds is 5. The van der Waals surface area contributed by atoms with E-state index >= 15 is 0 Å². The van der Waals surface area contributed by atoms with Gasteiger partial charge in [0.1, 0.15) is 5.52 Å². The Labute approximate surface area is 179 Å². The van der Waals surface area contributed by atoms with E-state index in [2.05, 4.69) is 14.7 Å². The van der Waals surface area contributed by atoms with Crippen molar-refractivity contribution in [1.82, 2.24) is 4.98 Å². The lowest BCUT2D eigenvalue weighted by atomic mass is 10.1. The van der Waals surface area contributed by atoms with Crippen molar-refractivity contribution >= 4 is 34.3 Å². The monoisotopic (exact) mass is 449 g/mol. The molecule has 11 heteroatoms. The largest absolute Gasteiger partial charge is 0.493 e. The number of hydrogen-bond donors (Lipinski definition) is 1. The van der Waals surface area contributed by atoms with Gasteiger partial charge in [0.2, 0.25) is 11.8 Å². The number of carbonyl (C=O) groups is 2. The number of methoxy groups -OCH3 is 2. The molecule has 32 heavy (non-hydrogen) atoms. The predicted molar refractivity (Wildman–Crippen MR) is 108 cm³/mol. The van der Waals surface area contributed by atoms with Crippen LogP contribution >= 0.6 is 0 Å². The number of anilines is 2. The zero-order chi connectivity index (χ0) is 23.0. The number of nitrogens with one attached hydrogen (secondary N) is 1. The van der Waals surface area contributed by atoms with Crippen LogP contribution in [-0.4, -0.2) is 37.6 Å². The van der Waals surface area contributed by atoms with Crippen molar-refractivity contribution in [1.29, 1.82) is 0 Å². The summed E-state index contributed by atoms with van der Waals surface area (Å²) in [5, 5.41) is 2.63. The maximum atomic E-state index is 12.8. The highest BCUT2D eigenvalue weighted by Gasteiger charge is 2.38. The average Bonchev–Trinajstić information content (AvgIpc) is 3.36. The third-order valence-electron chi connectivity index (χ3n) is 5.07. The number of halogens is 3. The van der Waals surface area contributed by atoms with E-state index in [1.54, 1.807) is 18.2 Å². The van der Waals surface area contributed by atoms with Crippen molar-refractivity contribution in [3.05, 3.63) is 42.3 Å². The number of ether oxygens (including phenoxy) is 2. The van der Waals surface area contributed by atoms with E-state index in [9.17, 15) is 22.8 Å². The summed E-state index contributed by atoms with van der Waals surface area (Å²) in [5.74, 6) is -1.71. The predicted octanol–water partition coefficient (Wildman–Crippen LogP) is 3.86. The quantitative estimate of drug-likeness (QED) is 0.636. The Morgan fingerprint density at radius 3 is 2.59 bits per heavy atom. The van der Waals surface area contributed by atoms with Crippen molar-refractivity contribution < 1.29 is 36.7 Å². The molecule has 1 saturated heterocycles. The Bertz CT molecular complexity index is 1190. The minimum Gasteiger partial charge on any atom is -0.493 e. The molecule has 1 fully saturated rings. The molecule has 1 aliphatic rings. The molecule has 1 aliphatic heterocycles. The third-order valence-corrected chi connectivity index (χ3v) is 5.07. The van der Waals surface area contributed by atoms with Crippen molar-refractivity contribution in [3.63, 3.8) is 0 Å². The average molecular weight is 449 g/mol. The van der Waals surface area contributed by atoms with Crippen LogP contribution in [0, 0.1) is 5.92 Å². The number of carbonyl (C=O) groups excluding carboxylic acids is 2. The van der Waals surface area contributed by atoms with Gasteiger partial charge in [-0.25, -0.2) is 4.98 Å². The topological polar surface area (TPSA) is 93.9 Å². The van der Waals surface area contributed by atoms with Gasteiger partial charge in [-0.1, -0.05) is 0 Å². The summed E-state index contributed by atoms with van der Waals surface area (Å²) in [5.41, 5.74) is 0.726. The van der Waals surface area contributed by atoms with Crippen LogP contribution in [-0.2, 0) is 15.8 Å². The van der Waals surface area contributed by atoms with Gasteiger partial charge in [-0.3, -0.25) is 9.59 Å². The minimum atomic E-state index is -4.71. The SMILES string of the molecule is COc1ccc(N2C[C@H](C(=O)Nc3ccc4oc(C(F)(F)F)nc4c3)CC2=O)cc1OC.